The summed E-state index contributed by atoms with van der Waals surface area (Å²) in [4.78, 5) is 18.3. The molecule has 2 fully saturated rings. The van der Waals surface area contributed by atoms with E-state index in [1.165, 1.54) is 0 Å². The first-order valence-electron chi connectivity index (χ1n) is 9.68. The zero-order valence-electron chi connectivity index (χ0n) is 15.8. The maximum atomic E-state index is 12.5. The Morgan fingerprint density at radius 1 is 1.04 bits per heavy atom. The summed E-state index contributed by atoms with van der Waals surface area (Å²) < 4.78 is 11.0. The summed E-state index contributed by atoms with van der Waals surface area (Å²) >= 11 is 0. The Bertz CT molecular complexity index is 765. The highest BCUT2D eigenvalue weighted by Gasteiger charge is 2.51. The molecule has 0 bridgehead atoms. The second kappa shape index (κ2) is 8.84. The number of esters is 1. The van der Waals surface area contributed by atoms with Crippen LogP contribution in [-0.4, -0.2) is 37.8 Å². The lowest BCUT2D eigenvalue weighted by Crippen LogP contribution is -2.67. The fourth-order valence-corrected chi connectivity index (χ4v) is 3.74. The highest BCUT2D eigenvalue weighted by atomic mass is 16.6. The molecule has 6 heteroatoms. The van der Waals surface area contributed by atoms with E-state index in [0.29, 0.717) is 39.4 Å². The number of nitrogens with one attached hydrogen (secondary N) is 2. The second-order valence-electron chi connectivity index (χ2n) is 7.56. The van der Waals surface area contributed by atoms with Gasteiger partial charge in [-0.3, -0.25) is 9.63 Å². The van der Waals surface area contributed by atoms with Crippen LogP contribution in [0.5, 0.6) is 0 Å². The van der Waals surface area contributed by atoms with Crippen LogP contribution in [0.15, 0.2) is 60.7 Å². The van der Waals surface area contributed by atoms with E-state index in [2.05, 4.69) is 10.8 Å². The molecule has 28 heavy (non-hydrogen) atoms. The predicted octanol–water partition coefficient (Wildman–Crippen LogP) is 2.20. The SMILES string of the molecule is O=C(OCc1ccccc1)[C@@H]1CC2(COC2)C(NOCc2ccccc2)CN1. The van der Waals surface area contributed by atoms with Crippen LogP contribution in [0.1, 0.15) is 17.5 Å². The minimum Gasteiger partial charge on any atom is -0.460 e. The van der Waals surface area contributed by atoms with Gasteiger partial charge in [-0.25, -0.2) is 0 Å². The number of hydroxylamine groups is 1. The summed E-state index contributed by atoms with van der Waals surface area (Å²) in [6.07, 6.45) is 0.674. The van der Waals surface area contributed by atoms with Crippen molar-refractivity contribution in [3.63, 3.8) is 0 Å². The smallest absolute Gasteiger partial charge is 0.323 e. The minimum absolute atomic E-state index is 0.0862. The van der Waals surface area contributed by atoms with E-state index >= 15 is 0 Å². The maximum absolute atomic E-state index is 12.5. The average molecular weight is 382 g/mol. The van der Waals surface area contributed by atoms with Gasteiger partial charge in [0, 0.05) is 12.0 Å². The van der Waals surface area contributed by atoms with E-state index in [9.17, 15) is 4.79 Å². The van der Waals surface area contributed by atoms with Crippen LogP contribution >= 0.6 is 0 Å². The predicted molar refractivity (Wildman–Crippen MR) is 104 cm³/mol. The number of carbonyl (C=O) groups excluding carboxylic acids is 1. The molecular formula is C22H26N2O4. The zero-order valence-corrected chi connectivity index (χ0v) is 15.8. The molecule has 2 aliphatic rings. The van der Waals surface area contributed by atoms with Crippen LogP contribution in [0.4, 0.5) is 0 Å². The molecule has 4 rings (SSSR count). The lowest BCUT2D eigenvalue weighted by molar-refractivity contribution is -0.183. The van der Waals surface area contributed by atoms with Crippen molar-refractivity contribution in [2.24, 2.45) is 5.41 Å². The van der Waals surface area contributed by atoms with Crippen molar-refractivity contribution in [2.75, 3.05) is 19.8 Å². The van der Waals surface area contributed by atoms with Crippen LogP contribution in [-0.2, 0) is 32.3 Å². The van der Waals surface area contributed by atoms with Gasteiger partial charge in [-0.2, -0.15) is 5.48 Å². The standard InChI is InChI=1S/C22H26N2O4/c25-21(27-13-17-7-3-1-4-8-17)19-11-22(15-26-16-22)20(12-23-19)24-28-14-18-9-5-2-6-10-18/h1-10,19-20,23-24H,11-16H2/t19-,20?/m0/s1. The van der Waals surface area contributed by atoms with Gasteiger partial charge >= 0.3 is 5.97 Å². The highest BCUT2D eigenvalue weighted by Crippen LogP contribution is 2.39. The normalized spacial score (nSPS) is 23.1. The van der Waals surface area contributed by atoms with Crippen molar-refractivity contribution in [3.05, 3.63) is 71.8 Å². The Morgan fingerprint density at radius 3 is 2.29 bits per heavy atom. The summed E-state index contributed by atoms with van der Waals surface area (Å²) in [5.41, 5.74) is 5.19. The van der Waals surface area contributed by atoms with Crippen LogP contribution in [0, 0.1) is 5.41 Å². The zero-order chi connectivity index (χ0) is 19.2. The average Bonchev–Trinajstić information content (AvgIpc) is 2.72. The number of ether oxygens (including phenoxy) is 2. The molecule has 148 valence electrons. The van der Waals surface area contributed by atoms with Crippen LogP contribution < -0.4 is 10.8 Å². The van der Waals surface area contributed by atoms with Gasteiger partial charge in [0.25, 0.3) is 0 Å². The van der Waals surface area contributed by atoms with Crippen molar-refractivity contribution in [1.82, 2.24) is 10.8 Å². The number of rotatable bonds is 7. The van der Waals surface area contributed by atoms with E-state index in [-0.39, 0.29) is 23.5 Å². The first-order valence-corrected chi connectivity index (χ1v) is 9.68. The summed E-state index contributed by atoms with van der Waals surface area (Å²) in [5, 5.41) is 3.30. The molecule has 1 unspecified atom stereocenters. The Labute approximate surface area is 165 Å². The summed E-state index contributed by atoms with van der Waals surface area (Å²) in [7, 11) is 0. The van der Waals surface area contributed by atoms with E-state index in [4.69, 9.17) is 14.3 Å². The molecule has 0 amide bonds. The highest BCUT2D eigenvalue weighted by molar-refractivity contribution is 5.76. The van der Waals surface area contributed by atoms with Crippen molar-refractivity contribution in [2.45, 2.75) is 31.7 Å². The summed E-state index contributed by atoms with van der Waals surface area (Å²) in [6, 6.07) is 19.5. The first kappa shape index (κ1) is 19.1. The number of piperidine rings is 1. The Hall–Kier alpha value is -2.25. The molecule has 6 nitrogen and oxygen atoms in total. The Balaban J connectivity index is 1.28. The van der Waals surface area contributed by atoms with Crippen molar-refractivity contribution in [1.29, 1.82) is 0 Å². The minimum atomic E-state index is -0.320. The van der Waals surface area contributed by atoms with E-state index in [0.717, 1.165) is 11.1 Å². The van der Waals surface area contributed by atoms with Crippen LogP contribution in [0.3, 0.4) is 0 Å². The van der Waals surface area contributed by atoms with E-state index in [1.807, 2.05) is 60.7 Å². The van der Waals surface area contributed by atoms with Gasteiger partial charge in [0.1, 0.15) is 12.6 Å². The molecule has 2 aromatic rings. The molecule has 2 atom stereocenters. The van der Waals surface area contributed by atoms with Gasteiger partial charge in [-0.1, -0.05) is 60.7 Å². The van der Waals surface area contributed by atoms with Gasteiger partial charge in [0.05, 0.1) is 25.9 Å². The number of hydrogen-bond donors (Lipinski definition) is 2. The van der Waals surface area contributed by atoms with Gasteiger partial charge < -0.3 is 14.8 Å². The molecule has 2 saturated heterocycles. The number of benzene rings is 2. The monoisotopic (exact) mass is 382 g/mol. The fraction of sp³-hybridized carbons (Fsp3) is 0.409. The molecule has 2 aromatic carbocycles. The second-order valence-corrected chi connectivity index (χ2v) is 7.56. The van der Waals surface area contributed by atoms with E-state index in [1.54, 1.807) is 0 Å². The molecule has 1 spiro atoms. The van der Waals surface area contributed by atoms with Gasteiger partial charge in [-0.05, 0) is 17.5 Å². The molecule has 0 aliphatic carbocycles. The summed E-state index contributed by atoms with van der Waals surface area (Å²) in [5.74, 6) is -0.209. The van der Waals surface area contributed by atoms with Gasteiger partial charge in [-0.15, -0.1) is 0 Å². The molecule has 0 aromatic heterocycles. The Morgan fingerprint density at radius 2 is 1.68 bits per heavy atom. The van der Waals surface area contributed by atoms with Crippen molar-refractivity contribution < 1.29 is 19.1 Å². The van der Waals surface area contributed by atoms with Crippen LogP contribution in [0.2, 0.25) is 0 Å². The van der Waals surface area contributed by atoms with Crippen molar-refractivity contribution in [3.8, 4) is 0 Å². The molecule has 0 radical (unpaired) electrons. The fourth-order valence-electron chi connectivity index (χ4n) is 3.74. The molecule has 2 heterocycles. The van der Waals surface area contributed by atoms with Gasteiger partial charge in [0.2, 0.25) is 0 Å². The largest absolute Gasteiger partial charge is 0.460 e. The van der Waals surface area contributed by atoms with Gasteiger partial charge in [0.15, 0.2) is 0 Å². The molecule has 0 saturated carbocycles. The quantitative estimate of drug-likeness (QED) is 0.565. The maximum Gasteiger partial charge on any atom is 0.323 e. The Kier molecular flexibility index (Phi) is 6.02. The summed E-state index contributed by atoms with van der Waals surface area (Å²) in [6.45, 7) is 2.68. The van der Waals surface area contributed by atoms with Crippen LogP contribution in [0.25, 0.3) is 0 Å². The number of carbonyl (C=O) groups is 1. The third-order valence-corrected chi connectivity index (χ3v) is 5.51. The van der Waals surface area contributed by atoms with E-state index < -0.39 is 0 Å². The number of hydrogen-bond acceptors (Lipinski definition) is 6. The third-order valence-electron chi connectivity index (χ3n) is 5.51. The lowest BCUT2D eigenvalue weighted by Gasteiger charge is -2.51. The molecule has 2 aliphatic heterocycles. The lowest BCUT2D eigenvalue weighted by atomic mass is 9.71. The third kappa shape index (κ3) is 4.42. The first-order chi connectivity index (χ1) is 13.8. The molecule has 2 N–H and O–H groups in total. The van der Waals surface area contributed by atoms with Crippen molar-refractivity contribution >= 4 is 5.97 Å². The topological polar surface area (TPSA) is 68.8 Å². The molecular weight excluding hydrogens is 356 g/mol.